The number of aliphatic imine (C=N–C) groups is 1. The summed E-state index contributed by atoms with van der Waals surface area (Å²) in [5, 5.41) is 0.707. The molecule has 0 spiro atoms. The first kappa shape index (κ1) is 27.9. The Hall–Kier alpha value is -2.66. The second-order valence-corrected chi connectivity index (χ2v) is 12.3. The van der Waals surface area contributed by atoms with Crippen LogP contribution >= 0.6 is 11.6 Å². The third kappa shape index (κ3) is 5.39. The molecule has 2 aliphatic heterocycles. The molecule has 1 saturated carbocycles. The SMILES string of the molecule is CCOC(=O)N1CCN(S(=O)(=O)N(CC)Oc2ccc3c(c2)C(C2(c4ccc(Cl)cc4)CCC2)=NCC3)CC1. The maximum absolute atomic E-state index is 13.5. The highest BCUT2D eigenvalue weighted by molar-refractivity contribution is 7.86. The van der Waals surface area contributed by atoms with E-state index in [2.05, 4.69) is 12.1 Å². The predicted molar refractivity (Wildman–Crippen MR) is 151 cm³/mol. The number of hydrogen-bond acceptors (Lipinski definition) is 6. The van der Waals surface area contributed by atoms with Gasteiger partial charge in [0.05, 0.1) is 18.9 Å². The first-order chi connectivity index (χ1) is 18.8. The largest absolute Gasteiger partial charge is 0.450 e. The van der Waals surface area contributed by atoms with E-state index in [-0.39, 0.29) is 44.7 Å². The average Bonchev–Trinajstić information content (AvgIpc) is 2.92. The Morgan fingerprint density at radius 2 is 1.79 bits per heavy atom. The second-order valence-electron chi connectivity index (χ2n) is 10.0. The molecule has 0 aromatic heterocycles. The average molecular weight is 575 g/mol. The zero-order valence-electron chi connectivity index (χ0n) is 22.4. The van der Waals surface area contributed by atoms with E-state index >= 15 is 0 Å². The van der Waals surface area contributed by atoms with Crippen molar-refractivity contribution in [3.05, 3.63) is 64.2 Å². The number of carbonyl (C=O) groups is 1. The smallest absolute Gasteiger partial charge is 0.409 e. The summed E-state index contributed by atoms with van der Waals surface area (Å²) in [7, 11) is -3.91. The predicted octanol–water partition coefficient (Wildman–Crippen LogP) is 4.44. The number of nitrogens with zero attached hydrogens (tertiary/aromatic N) is 4. The Bertz CT molecular complexity index is 1340. The van der Waals surface area contributed by atoms with Crippen molar-refractivity contribution in [1.29, 1.82) is 0 Å². The lowest BCUT2D eigenvalue weighted by Gasteiger charge is -2.45. The Labute approximate surface area is 235 Å². The normalized spacial score (nSPS) is 19.2. The summed E-state index contributed by atoms with van der Waals surface area (Å²) in [4.78, 5) is 24.6. The molecule has 0 N–H and O–H groups in total. The summed E-state index contributed by atoms with van der Waals surface area (Å²) in [5.41, 5.74) is 4.28. The van der Waals surface area contributed by atoms with Gasteiger partial charge in [0.1, 0.15) is 5.75 Å². The molecule has 2 aromatic carbocycles. The fraction of sp³-hybridized carbons (Fsp3) is 0.500. The summed E-state index contributed by atoms with van der Waals surface area (Å²) >= 11 is 6.17. The fourth-order valence-corrected chi connectivity index (χ4v) is 7.15. The van der Waals surface area contributed by atoms with Crippen molar-refractivity contribution in [3.8, 4) is 5.75 Å². The number of benzene rings is 2. The van der Waals surface area contributed by atoms with Crippen LogP contribution in [0.5, 0.6) is 5.75 Å². The maximum Gasteiger partial charge on any atom is 0.409 e. The lowest BCUT2D eigenvalue weighted by atomic mass is 9.59. The Morgan fingerprint density at radius 3 is 2.41 bits per heavy atom. The molecule has 39 heavy (non-hydrogen) atoms. The van der Waals surface area contributed by atoms with E-state index in [4.69, 9.17) is 26.2 Å². The molecule has 0 bridgehead atoms. The molecule has 11 heteroatoms. The first-order valence-electron chi connectivity index (χ1n) is 13.6. The Balaban J connectivity index is 1.36. The van der Waals surface area contributed by atoms with Crippen molar-refractivity contribution in [3.63, 3.8) is 0 Å². The number of hydrogen-bond donors (Lipinski definition) is 0. The molecule has 2 fully saturated rings. The van der Waals surface area contributed by atoms with Crippen LogP contribution in [0, 0.1) is 0 Å². The molecule has 1 aliphatic carbocycles. The third-order valence-electron chi connectivity index (χ3n) is 7.86. The van der Waals surface area contributed by atoms with Crippen molar-refractivity contribution < 1.29 is 22.8 Å². The summed E-state index contributed by atoms with van der Waals surface area (Å²) in [5.74, 6) is 0.449. The number of piperazine rings is 1. The number of hydroxylamine groups is 1. The molecule has 0 atom stereocenters. The first-order valence-corrected chi connectivity index (χ1v) is 15.4. The highest BCUT2D eigenvalue weighted by Gasteiger charge is 2.45. The number of ether oxygens (including phenoxy) is 1. The van der Waals surface area contributed by atoms with E-state index in [1.807, 2.05) is 30.3 Å². The van der Waals surface area contributed by atoms with Gasteiger partial charge in [-0.3, -0.25) is 4.99 Å². The van der Waals surface area contributed by atoms with Crippen LogP contribution in [0.25, 0.3) is 0 Å². The topological polar surface area (TPSA) is 91.8 Å². The molecule has 3 aliphatic rings. The highest BCUT2D eigenvalue weighted by atomic mass is 35.5. The summed E-state index contributed by atoms with van der Waals surface area (Å²) < 4.78 is 34.3. The molecular formula is C28H35ClN4O5S. The molecule has 2 heterocycles. The molecule has 0 radical (unpaired) electrons. The molecular weight excluding hydrogens is 540 g/mol. The minimum absolute atomic E-state index is 0.132. The van der Waals surface area contributed by atoms with E-state index in [0.29, 0.717) is 10.8 Å². The quantitative estimate of drug-likeness (QED) is 0.435. The molecule has 210 valence electrons. The van der Waals surface area contributed by atoms with Gasteiger partial charge in [0.15, 0.2) is 0 Å². The zero-order valence-corrected chi connectivity index (χ0v) is 24.0. The third-order valence-corrected chi connectivity index (χ3v) is 9.98. The highest BCUT2D eigenvalue weighted by Crippen LogP contribution is 2.48. The van der Waals surface area contributed by atoms with Gasteiger partial charge in [-0.25, -0.2) is 4.79 Å². The fourth-order valence-electron chi connectivity index (χ4n) is 5.63. The molecule has 1 amide bonds. The zero-order chi connectivity index (χ0) is 27.6. The number of carbonyl (C=O) groups excluding carboxylic acids is 1. The summed E-state index contributed by atoms with van der Waals surface area (Å²) in [6.45, 7) is 5.50. The van der Waals surface area contributed by atoms with Crippen LogP contribution < -0.4 is 4.84 Å². The van der Waals surface area contributed by atoms with Crippen LogP contribution in [-0.2, 0) is 26.8 Å². The molecule has 9 nitrogen and oxygen atoms in total. The minimum atomic E-state index is -3.91. The van der Waals surface area contributed by atoms with Gasteiger partial charge in [-0.1, -0.05) is 36.2 Å². The van der Waals surface area contributed by atoms with Gasteiger partial charge in [0, 0.05) is 48.7 Å². The lowest BCUT2D eigenvalue weighted by molar-refractivity contribution is 0.0296. The van der Waals surface area contributed by atoms with Gasteiger partial charge >= 0.3 is 16.3 Å². The van der Waals surface area contributed by atoms with E-state index in [9.17, 15) is 13.2 Å². The molecule has 5 rings (SSSR count). The van der Waals surface area contributed by atoms with Crippen LogP contribution in [0.15, 0.2) is 47.5 Å². The van der Waals surface area contributed by atoms with Crippen molar-refractivity contribution in [2.24, 2.45) is 4.99 Å². The Morgan fingerprint density at radius 1 is 1.08 bits per heavy atom. The van der Waals surface area contributed by atoms with Crippen molar-refractivity contribution >= 4 is 33.6 Å². The molecule has 1 saturated heterocycles. The second kappa shape index (κ2) is 11.4. The van der Waals surface area contributed by atoms with Gasteiger partial charge in [0.2, 0.25) is 0 Å². The van der Waals surface area contributed by atoms with Gasteiger partial charge in [-0.15, -0.1) is 0 Å². The van der Waals surface area contributed by atoms with E-state index in [1.165, 1.54) is 20.3 Å². The number of halogens is 1. The number of rotatable bonds is 8. The summed E-state index contributed by atoms with van der Waals surface area (Å²) in [6.07, 6.45) is 3.54. The van der Waals surface area contributed by atoms with Gasteiger partial charge in [-0.2, -0.15) is 12.7 Å². The van der Waals surface area contributed by atoms with E-state index in [1.54, 1.807) is 13.8 Å². The molecule has 0 unspecified atom stereocenters. The number of fused-ring (bicyclic) bond motifs is 1. The van der Waals surface area contributed by atoms with Gasteiger partial charge < -0.3 is 14.5 Å². The standard InChI is InChI=1S/C28H35ClN4O5S/c1-3-33(39(35,36)32-18-16-31(17-19-32)27(34)37-4-2)38-24-11-6-21-12-15-30-26(25(21)20-24)28(13-5-14-28)22-7-9-23(29)10-8-22/h6-11,20H,3-5,12-19H2,1-2H3. The van der Waals surface area contributed by atoms with E-state index in [0.717, 1.165) is 48.0 Å². The summed E-state index contributed by atoms with van der Waals surface area (Å²) in [6, 6.07) is 13.8. The van der Waals surface area contributed by atoms with Gasteiger partial charge in [-0.05, 0) is 73.0 Å². The van der Waals surface area contributed by atoms with Crippen LogP contribution in [-0.4, -0.2) is 79.8 Å². The monoisotopic (exact) mass is 574 g/mol. The van der Waals surface area contributed by atoms with Crippen LogP contribution in [0.2, 0.25) is 5.02 Å². The van der Waals surface area contributed by atoms with Crippen LogP contribution in [0.1, 0.15) is 49.8 Å². The van der Waals surface area contributed by atoms with Crippen molar-refractivity contribution in [2.45, 2.75) is 44.9 Å². The van der Waals surface area contributed by atoms with Crippen molar-refractivity contribution in [2.75, 3.05) is 45.9 Å². The van der Waals surface area contributed by atoms with Crippen LogP contribution in [0.4, 0.5) is 4.79 Å². The minimum Gasteiger partial charge on any atom is -0.450 e. The van der Waals surface area contributed by atoms with Crippen molar-refractivity contribution in [1.82, 2.24) is 13.7 Å². The van der Waals surface area contributed by atoms with Crippen LogP contribution in [0.3, 0.4) is 0 Å². The number of amides is 1. The molecule has 2 aromatic rings. The van der Waals surface area contributed by atoms with Gasteiger partial charge in [0.25, 0.3) is 0 Å². The van der Waals surface area contributed by atoms with E-state index < -0.39 is 16.3 Å². The lowest BCUT2D eigenvalue weighted by Crippen LogP contribution is -2.54. The Kier molecular flexibility index (Phi) is 8.19. The maximum atomic E-state index is 13.5.